The largest absolute Gasteiger partial charge is 0.491 e. The van der Waals surface area contributed by atoms with Crippen molar-refractivity contribution < 1.29 is 9.13 Å². The zero-order chi connectivity index (χ0) is 19.2. The minimum Gasteiger partial charge on any atom is -0.491 e. The fourth-order valence-electron chi connectivity index (χ4n) is 2.59. The molecule has 0 aliphatic carbocycles. The third-order valence-electron chi connectivity index (χ3n) is 3.75. The van der Waals surface area contributed by atoms with Crippen molar-refractivity contribution in [3.8, 4) is 5.75 Å². The molecule has 0 atom stereocenters. The number of rotatable bonds is 7. The van der Waals surface area contributed by atoms with Gasteiger partial charge in [-0.05, 0) is 51.1 Å². The number of benzene rings is 2. The summed E-state index contributed by atoms with van der Waals surface area (Å²) < 4.78 is 19.4. The van der Waals surface area contributed by atoms with Gasteiger partial charge in [-0.2, -0.15) is 0 Å². The van der Waals surface area contributed by atoms with Crippen molar-refractivity contribution in [2.24, 2.45) is 0 Å². The van der Waals surface area contributed by atoms with Crippen molar-refractivity contribution in [1.29, 1.82) is 0 Å². The number of halogens is 1. The Labute approximate surface area is 158 Å². The summed E-state index contributed by atoms with van der Waals surface area (Å²) in [6, 6.07) is 16.2. The lowest BCUT2D eigenvalue weighted by Gasteiger charge is -2.12. The Morgan fingerprint density at radius 1 is 1.00 bits per heavy atom. The Kier molecular flexibility index (Phi) is 5.86. The number of nitrogens with zero attached hydrogens (tertiary/aromatic N) is 2. The van der Waals surface area contributed by atoms with Crippen molar-refractivity contribution >= 4 is 17.3 Å². The third-order valence-corrected chi connectivity index (χ3v) is 3.75. The lowest BCUT2D eigenvalue weighted by molar-refractivity contribution is 0.242. The highest BCUT2D eigenvalue weighted by molar-refractivity contribution is 5.60. The van der Waals surface area contributed by atoms with Gasteiger partial charge in [-0.25, -0.2) is 14.4 Å². The van der Waals surface area contributed by atoms with E-state index in [0.29, 0.717) is 29.6 Å². The van der Waals surface area contributed by atoms with Gasteiger partial charge < -0.3 is 15.4 Å². The van der Waals surface area contributed by atoms with Gasteiger partial charge in [0.25, 0.3) is 0 Å². The molecule has 5 nitrogen and oxygen atoms in total. The van der Waals surface area contributed by atoms with E-state index in [1.165, 1.54) is 6.07 Å². The van der Waals surface area contributed by atoms with E-state index in [4.69, 9.17) is 4.74 Å². The van der Waals surface area contributed by atoms with Crippen LogP contribution in [-0.4, -0.2) is 16.1 Å². The predicted molar refractivity (Wildman–Crippen MR) is 106 cm³/mol. The molecule has 1 aromatic heterocycles. The number of aromatic nitrogens is 2. The second-order valence-corrected chi connectivity index (χ2v) is 6.45. The average Bonchev–Trinajstić information content (AvgIpc) is 2.62. The number of hydrogen-bond acceptors (Lipinski definition) is 5. The molecule has 0 aliphatic rings. The fraction of sp³-hybridized carbons (Fsp3) is 0.238. The van der Waals surface area contributed by atoms with Crippen LogP contribution in [-0.2, 0) is 6.54 Å². The molecule has 6 heteroatoms. The van der Waals surface area contributed by atoms with E-state index in [2.05, 4.69) is 20.6 Å². The van der Waals surface area contributed by atoms with Crippen molar-refractivity contribution in [1.82, 2.24) is 9.97 Å². The first-order valence-corrected chi connectivity index (χ1v) is 8.86. The van der Waals surface area contributed by atoms with Crippen molar-refractivity contribution in [3.63, 3.8) is 0 Å². The van der Waals surface area contributed by atoms with E-state index < -0.39 is 0 Å². The number of aryl methyl sites for hydroxylation is 1. The lowest BCUT2D eigenvalue weighted by atomic mass is 10.2. The van der Waals surface area contributed by atoms with Crippen LogP contribution in [0.15, 0.2) is 54.6 Å². The molecule has 140 valence electrons. The maximum atomic E-state index is 13.8. The molecule has 0 fully saturated rings. The van der Waals surface area contributed by atoms with Crippen LogP contribution in [0.3, 0.4) is 0 Å². The first-order chi connectivity index (χ1) is 13.0. The summed E-state index contributed by atoms with van der Waals surface area (Å²) in [7, 11) is 0. The Morgan fingerprint density at radius 3 is 2.41 bits per heavy atom. The summed E-state index contributed by atoms with van der Waals surface area (Å²) in [4.78, 5) is 8.77. The van der Waals surface area contributed by atoms with Gasteiger partial charge in [-0.15, -0.1) is 0 Å². The van der Waals surface area contributed by atoms with E-state index in [1.54, 1.807) is 18.2 Å². The van der Waals surface area contributed by atoms with Gasteiger partial charge in [-0.3, -0.25) is 0 Å². The molecule has 27 heavy (non-hydrogen) atoms. The quantitative estimate of drug-likeness (QED) is 0.611. The summed E-state index contributed by atoms with van der Waals surface area (Å²) >= 11 is 0. The fourth-order valence-corrected chi connectivity index (χ4v) is 2.59. The van der Waals surface area contributed by atoms with Crippen LogP contribution < -0.4 is 15.4 Å². The van der Waals surface area contributed by atoms with E-state index in [9.17, 15) is 4.39 Å². The van der Waals surface area contributed by atoms with Crippen molar-refractivity contribution in [3.05, 3.63) is 71.8 Å². The predicted octanol–water partition coefficient (Wildman–Crippen LogP) is 5.07. The molecular weight excluding hydrogens is 343 g/mol. The molecule has 0 saturated heterocycles. The van der Waals surface area contributed by atoms with Crippen molar-refractivity contribution in [2.45, 2.75) is 33.4 Å². The molecule has 2 aromatic carbocycles. The highest BCUT2D eigenvalue weighted by Crippen LogP contribution is 2.21. The summed E-state index contributed by atoms with van der Waals surface area (Å²) in [5, 5.41) is 6.40. The molecule has 2 N–H and O–H groups in total. The standard InChI is InChI=1S/C21H23FN4O/c1-14(2)27-18-10-8-17(9-11-18)26-21-12-20(24-15(3)25-21)23-13-16-6-4-5-7-19(16)22/h4-12,14H,13H2,1-3H3,(H2,23,24,25,26). The van der Waals surface area contributed by atoms with Crippen LogP contribution >= 0.6 is 0 Å². The monoisotopic (exact) mass is 366 g/mol. The van der Waals surface area contributed by atoms with E-state index >= 15 is 0 Å². The van der Waals surface area contributed by atoms with Crippen LogP contribution in [0, 0.1) is 12.7 Å². The smallest absolute Gasteiger partial charge is 0.136 e. The van der Waals surface area contributed by atoms with Crippen LogP contribution in [0.5, 0.6) is 5.75 Å². The second-order valence-electron chi connectivity index (χ2n) is 6.45. The van der Waals surface area contributed by atoms with Gasteiger partial charge >= 0.3 is 0 Å². The Bertz CT molecular complexity index is 897. The molecule has 0 radical (unpaired) electrons. The molecule has 0 amide bonds. The van der Waals surface area contributed by atoms with Gasteiger partial charge in [0, 0.05) is 23.9 Å². The van der Waals surface area contributed by atoms with E-state index in [0.717, 1.165) is 11.4 Å². The zero-order valence-corrected chi connectivity index (χ0v) is 15.7. The Morgan fingerprint density at radius 2 is 1.70 bits per heavy atom. The third kappa shape index (κ3) is 5.41. The molecule has 0 aliphatic heterocycles. The van der Waals surface area contributed by atoms with Gasteiger partial charge in [-0.1, -0.05) is 18.2 Å². The maximum Gasteiger partial charge on any atom is 0.136 e. The molecule has 0 spiro atoms. The van der Waals surface area contributed by atoms with Crippen molar-refractivity contribution in [2.75, 3.05) is 10.6 Å². The van der Waals surface area contributed by atoms with Gasteiger partial charge in [0.05, 0.1) is 6.10 Å². The van der Waals surface area contributed by atoms with E-state index in [1.807, 2.05) is 51.1 Å². The number of ether oxygens (including phenoxy) is 1. The van der Waals surface area contributed by atoms with Gasteiger partial charge in [0.2, 0.25) is 0 Å². The first kappa shape index (κ1) is 18.6. The molecule has 3 rings (SSSR count). The molecule has 0 bridgehead atoms. The summed E-state index contributed by atoms with van der Waals surface area (Å²) in [6.07, 6.45) is 0.136. The minimum atomic E-state index is -0.238. The van der Waals surface area contributed by atoms with Gasteiger partial charge in [0.15, 0.2) is 0 Å². The number of nitrogens with one attached hydrogen (secondary N) is 2. The molecule has 0 saturated carbocycles. The van der Waals surface area contributed by atoms with Gasteiger partial charge in [0.1, 0.15) is 29.0 Å². The van der Waals surface area contributed by atoms with Crippen LogP contribution in [0.4, 0.5) is 21.7 Å². The molecule has 1 heterocycles. The Balaban J connectivity index is 1.68. The Hall–Kier alpha value is -3.15. The second kappa shape index (κ2) is 8.49. The topological polar surface area (TPSA) is 59.1 Å². The molecular formula is C21H23FN4O. The number of anilines is 3. The SMILES string of the molecule is Cc1nc(NCc2ccccc2F)cc(Nc2ccc(OC(C)C)cc2)n1. The summed E-state index contributed by atoms with van der Waals surface area (Å²) in [6.45, 7) is 6.15. The van der Waals surface area contributed by atoms with Crippen LogP contribution in [0.1, 0.15) is 25.2 Å². The minimum absolute atomic E-state index is 0.136. The lowest BCUT2D eigenvalue weighted by Crippen LogP contribution is -2.06. The highest BCUT2D eigenvalue weighted by atomic mass is 19.1. The average molecular weight is 366 g/mol. The van der Waals surface area contributed by atoms with Crippen LogP contribution in [0.2, 0.25) is 0 Å². The number of hydrogen-bond donors (Lipinski definition) is 2. The highest BCUT2D eigenvalue weighted by Gasteiger charge is 2.05. The maximum absolute atomic E-state index is 13.8. The molecule has 3 aromatic rings. The zero-order valence-electron chi connectivity index (χ0n) is 15.7. The first-order valence-electron chi connectivity index (χ1n) is 8.86. The summed E-state index contributed by atoms with van der Waals surface area (Å²) in [5.41, 5.74) is 1.48. The normalized spacial score (nSPS) is 10.7. The molecule has 0 unspecified atom stereocenters. The van der Waals surface area contributed by atoms with Crippen LogP contribution in [0.25, 0.3) is 0 Å². The summed E-state index contributed by atoms with van der Waals surface area (Å²) in [5.74, 6) is 2.50. The van der Waals surface area contributed by atoms with E-state index in [-0.39, 0.29) is 11.9 Å².